The Bertz CT molecular complexity index is 1890. The van der Waals surface area contributed by atoms with Gasteiger partial charge in [0.1, 0.15) is 18.0 Å². The molecule has 3 fully saturated rings. The number of nitrogens with zero attached hydrogens (tertiary/aromatic N) is 4. The molecule has 3 heterocycles. The zero-order valence-corrected chi connectivity index (χ0v) is 33.2. The summed E-state index contributed by atoms with van der Waals surface area (Å²) in [6.45, 7) is 14.4. The number of aromatic nitrogens is 1. The lowest BCUT2D eigenvalue weighted by Crippen LogP contribution is -2.51. The summed E-state index contributed by atoms with van der Waals surface area (Å²) in [5.74, 6) is 0.534. The van der Waals surface area contributed by atoms with Crippen molar-refractivity contribution in [3.05, 3.63) is 90.1 Å². The number of ether oxygens (including phenoxy) is 3. The summed E-state index contributed by atoms with van der Waals surface area (Å²) in [5, 5.41) is 4.58. The lowest BCUT2D eigenvalue weighted by atomic mass is 9.79. The van der Waals surface area contributed by atoms with Crippen LogP contribution >= 0.6 is 0 Å². The highest BCUT2D eigenvalue weighted by atomic mass is 16.6. The first kappa shape index (κ1) is 38.9. The minimum atomic E-state index is -0.620. The number of nitrogens with one attached hydrogen (secondary N) is 1. The van der Waals surface area contributed by atoms with E-state index in [2.05, 4.69) is 86.5 Å². The molecule has 10 heteroatoms. The standard InChI is InChI=1S/C45H59N5O5/c1-45(2,3)55-44(52)49-23-19-39(35-10-7-9-34(29-35)33-13-17-38(18-14-33)54-28-26-47-24-20-46-21-25-47)41(32-49)43(51)50(37-15-16-37)31-36-30-48(22-8-27-53-4)42-12-6-5-11-40(36)42/h5-7,9-14,17-18,29-30,37,39,41,46H,8,15-16,19-28,31-32H2,1-4H3/t39-,41+/m1/s1. The highest BCUT2D eigenvalue weighted by Crippen LogP contribution is 2.40. The lowest BCUT2D eigenvalue weighted by Gasteiger charge is -2.40. The number of amides is 2. The van der Waals surface area contributed by atoms with Crippen molar-refractivity contribution in [3.63, 3.8) is 0 Å². The maximum absolute atomic E-state index is 15.1. The maximum Gasteiger partial charge on any atom is 0.410 e. The predicted molar refractivity (Wildman–Crippen MR) is 217 cm³/mol. The number of piperazine rings is 1. The van der Waals surface area contributed by atoms with Gasteiger partial charge in [0.2, 0.25) is 5.91 Å². The lowest BCUT2D eigenvalue weighted by molar-refractivity contribution is -0.139. The normalized spacial score (nSPS) is 19.4. The van der Waals surface area contributed by atoms with Gasteiger partial charge in [0.15, 0.2) is 0 Å². The van der Waals surface area contributed by atoms with Crippen LogP contribution in [0.4, 0.5) is 4.79 Å². The summed E-state index contributed by atoms with van der Waals surface area (Å²) in [6.07, 6.45) is 5.45. The molecule has 294 valence electrons. The van der Waals surface area contributed by atoms with E-state index in [0.717, 1.165) is 86.5 Å². The second-order valence-electron chi connectivity index (χ2n) is 16.4. The maximum atomic E-state index is 15.1. The summed E-state index contributed by atoms with van der Waals surface area (Å²) in [5.41, 5.74) is 5.04. The third-order valence-electron chi connectivity index (χ3n) is 11.2. The first-order chi connectivity index (χ1) is 26.7. The molecule has 1 aromatic heterocycles. The van der Waals surface area contributed by atoms with Crippen LogP contribution in [0.3, 0.4) is 0 Å². The second-order valence-corrected chi connectivity index (χ2v) is 16.4. The van der Waals surface area contributed by atoms with E-state index >= 15 is 4.79 Å². The van der Waals surface area contributed by atoms with Gasteiger partial charge < -0.3 is 33.9 Å². The predicted octanol–water partition coefficient (Wildman–Crippen LogP) is 7.16. The Balaban J connectivity index is 1.12. The molecule has 1 N–H and O–H groups in total. The molecule has 0 unspecified atom stereocenters. The van der Waals surface area contributed by atoms with Crippen molar-refractivity contribution in [3.8, 4) is 16.9 Å². The van der Waals surface area contributed by atoms with Crippen molar-refractivity contribution < 1.29 is 23.8 Å². The largest absolute Gasteiger partial charge is 0.492 e. The number of piperidine rings is 1. The van der Waals surface area contributed by atoms with Crippen LogP contribution < -0.4 is 10.1 Å². The van der Waals surface area contributed by atoms with Crippen molar-refractivity contribution in [1.82, 2.24) is 24.6 Å². The van der Waals surface area contributed by atoms with Gasteiger partial charge in [-0.15, -0.1) is 0 Å². The molecule has 0 spiro atoms. The molecule has 1 aliphatic carbocycles. The molecule has 2 amide bonds. The van der Waals surface area contributed by atoms with E-state index in [-0.39, 0.29) is 24.0 Å². The number of carbonyl (C=O) groups excluding carboxylic acids is 2. The van der Waals surface area contributed by atoms with Crippen LogP contribution in [0.2, 0.25) is 0 Å². The number of hydrogen-bond acceptors (Lipinski definition) is 7. The van der Waals surface area contributed by atoms with Gasteiger partial charge in [-0.1, -0.05) is 54.6 Å². The van der Waals surface area contributed by atoms with E-state index in [4.69, 9.17) is 14.2 Å². The molecule has 2 aliphatic heterocycles. The highest BCUT2D eigenvalue weighted by molar-refractivity contribution is 5.86. The molecule has 3 aliphatic rings. The molecule has 2 saturated heterocycles. The van der Waals surface area contributed by atoms with Crippen LogP contribution in [-0.4, -0.2) is 109 Å². The zero-order valence-electron chi connectivity index (χ0n) is 33.2. The molecular weight excluding hydrogens is 691 g/mol. The van der Waals surface area contributed by atoms with Crippen LogP contribution in [0.15, 0.2) is 79.0 Å². The van der Waals surface area contributed by atoms with E-state index in [9.17, 15) is 4.79 Å². The summed E-state index contributed by atoms with van der Waals surface area (Å²) in [6, 6.07) is 25.6. The van der Waals surface area contributed by atoms with Crippen LogP contribution in [0.25, 0.3) is 22.0 Å². The number of likely N-dealkylation sites (tertiary alicyclic amines) is 1. The van der Waals surface area contributed by atoms with Crippen LogP contribution in [0.5, 0.6) is 5.75 Å². The quantitative estimate of drug-likeness (QED) is 0.137. The molecule has 1 saturated carbocycles. The fourth-order valence-corrected chi connectivity index (χ4v) is 8.20. The Morgan fingerprint density at radius 1 is 0.873 bits per heavy atom. The number of aryl methyl sites for hydroxylation is 1. The number of rotatable bonds is 14. The van der Waals surface area contributed by atoms with Gasteiger partial charge in [0, 0.05) is 95.8 Å². The van der Waals surface area contributed by atoms with Crippen molar-refractivity contribution >= 4 is 22.9 Å². The Kier molecular flexibility index (Phi) is 12.4. The smallest absolute Gasteiger partial charge is 0.410 e. The van der Waals surface area contributed by atoms with Gasteiger partial charge in [-0.05, 0) is 92.8 Å². The van der Waals surface area contributed by atoms with Crippen LogP contribution in [0, 0.1) is 5.92 Å². The van der Waals surface area contributed by atoms with Gasteiger partial charge >= 0.3 is 6.09 Å². The molecule has 4 aromatic rings. The molecule has 55 heavy (non-hydrogen) atoms. The molecule has 0 radical (unpaired) electrons. The number of fused-ring (bicyclic) bond motifs is 1. The third kappa shape index (κ3) is 9.90. The van der Waals surface area contributed by atoms with E-state index in [1.165, 1.54) is 10.9 Å². The van der Waals surface area contributed by atoms with E-state index < -0.39 is 11.5 Å². The monoisotopic (exact) mass is 749 g/mol. The Hall–Kier alpha value is -4.38. The topological polar surface area (TPSA) is 88.5 Å². The molecule has 3 aromatic carbocycles. The summed E-state index contributed by atoms with van der Waals surface area (Å²) in [4.78, 5) is 34.8. The molecule has 2 atom stereocenters. The minimum absolute atomic E-state index is 0.0460. The highest BCUT2D eigenvalue weighted by Gasteiger charge is 2.43. The van der Waals surface area contributed by atoms with Crippen molar-refractivity contribution in [1.29, 1.82) is 0 Å². The molecule has 0 bridgehead atoms. The van der Waals surface area contributed by atoms with E-state index in [1.54, 1.807) is 12.0 Å². The van der Waals surface area contributed by atoms with Crippen molar-refractivity contribution in [2.24, 2.45) is 5.92 Å². The fraction of sp³-hybridized carbons (Fsp3) is 0.511. The van der Waals surface area contributed by atoms with Crippen LogP contribution in [0.1, 0.15) is 63.5 Å². The van der Waals surface area contributed by atoms with Crippen molar-refractivity contribution in [2.75, 3.05) is 66.1 Å². The minimum Gasteiger partial charge on any atom is -0.492 e. The van der Waals surface area contributed by atoms with E-state index in [0.29, 0.717) is 39.3 Å². The number of benzene rings is 3. The Morgan fingerprint density at radius 2 is 1.65 bits per heavy atom. The average molecular weight is 750 g/mol. The van der Waals surface area contributed by atoms with Crippen LogP contribution in [-0.2, 0) is 27.4 Å². The number of para-hydroxylation sites is 1. The van der Waals surface area contributed by atoms with Gasteiger partial charge in [0.25, 0.3) is 0 Å². The van der Waals surface area contributed by atoms with E-state index in [1.807, 2.05) is 32.9 Å². The Morgan fingerprint density at radius 3 is 2.40 bits per heavy atom. The molecule has 7 rings (SSSR count). The number of methoxy groups -OCH3 is 1. The van der Waals surface area contributed by atoms with Gasteiger partial charge in [-0.2, -0.15) is 0 Å². The summed E-state index contributed by atoms with van der Waals surface area (Å²) < 4.78 is 19.6. The summed E-state index contributed by atoms with van der Waals surface area (Å²) in [7, 11) is 1.74. The first-order valence-electron chi connectivity index (χ1n) is 20.3. The first-order valence-corrected chi connectivity index (χ1v) is 20.3. The van der Waals surface area contributed by atoms with Gasteiger partial charge in [-0.25, -0.2) is 4.79 Å². The van der Waals surface area contributed by atoms with Gasteiger partial charge in [-0.3, -0.25) is 9.69 Å². The summed E-state index contributed by atoms with van der Waals surface area (Å²) >= 11 is 0. The van der Waals surface area contributed by atoms with Crippen molar-refractivity contribution in [2.45, 2.75) is 77.1 Å². The average Bonchev–Trinajstić information content (AvgIpc) is 3.98. The second kappa shape index (κ2) is 17.6. The third-order valence-corrected chi connectivity index (χ3v) is 11.2. The number of hydrogen-bond donors (Lipinski definition) is 1. The number of carbonyl (C=O) groups is 2. The molecule has 10 nitrogen and oxygen atoms in total. The zero-order chi connectivity index (χ0) is 38.4. The fourth-order valence-electron chi connectivity index (χ4n) is 8.20. The SMILES string of the molecule is COCCCn1cc(CN(C(=O)[C@H]2CN(C(=O)OC(C)(C)C)CC[C@@H]2c2cccc(-c3ccc(OCCN4CCNCC4)cc3)c2)C2CC2)c2ccccc21. The Labute approximate surface area is 326 Å². The molecular formula is C45H59N5O5. The van der Waals surface area contributed by atoms with Gasteiger partial charge in [0.05, 0.1) is 5.92 Å².